The van der Waals surface area contributed by atoms with Gasteiger partial charge in [-0.15, -0.1) is 0 Å². The first-order valence-electron chi connectivity index (χ1n) is 5.71. The minimum absolute atomic E-state index is 0.212. The van der Waals surface area contributed by atoms with Crippen molar-refractivity contribution in [3.8, 4) is 0 Å². The van der Waals surface area contributed by atoms with Crippen molar-refractivity contribution in [2.45, 2.75) is 32.2 Å². The van der Waals surface area contributed by atoms with E-state index in [1.165, 1.54) is 18.4 Å². The van der Waals surface area contributed by atoms with Crippen LogP contribution in [0.15, 0.2) is 18.3 Å². The molecule has 3 heteroatoms. The maximum atomic E-state index is 5.75. The van der Waals surface area contributed by atoms with Crippen molar-refractivity contribution in [2.24, 2.45) is 5.73 Å². The highest BCUT2D eigenvalue weighted by molar-refractivity contribution is 5.40. The van der Waals surface area contributed by atoms with Crippen LogP contribution >= 0.6 is 0 Å². The van der Waals surface area contributed by atoms with Crippen LogP contribution < -0.4 is 10.6 Å². The summed E-state index contributed by atoms with van der Waals surface area (Å²) < 4.78 is 0. The van der Waals surface area contributed by atoms with Gasteiger partial charge in [0, 0.05) is 25.3 Å². The van der Waals surface area contributed by atoms with Gasteiger partial charge in [-0.2, -0.15) is 0 Å². The maximum absolute atomic E-state index is 5.75. The summed E-state index contributed by atoms with van der Waals surface area (Å²) in [6, 6.07) is 4.47. The van der Waals surface area contributed by atoms with Crippen molar-refractivity contribution in [1.29, 1.82) is 0 Å². The van der Waals surface area contributed by atoms with Crippen LogP contribution in [0.2, 0.25) is 0 Å². The Morgan fingerprint density at radius 1 is 1.40 bits per heavy atom. The second-order valence-corrected chi connectivity index (χ2v) is 4.40. The fraction of sp³-hybridized carbons (Fsp3) is 0.583. The van der Waals surface area contributed by atoms with Crippen LogP contribution in [0.1, 0.15) is 25.3 Å². The second kappa shape index (κ2) is 4.62. The standard InChI is InChI=1S/C12H19N3/c1-10(13)8-11-4-5-12(14-9-11)15-6-2-3-7-15/h4-5,9-10H,2-3,6-8,13H2,1H3/t10-/m1/s1. The normalized spacial score (nSPS) is 18.1. The molecule has 2 rings (SSSR count). The zero-order chi connectivity index (χ0) is 10.7. The Labute approximate surface area is 91.3 Å². The molecule has 1 saturated heterocycles. The monoisotopic (exact) mass is 205 g/mol. The first-order valence-corrected chi connectivity index (χ1v) is 5.71. The third-order valence-corrected chi connectivity index (χ3v) is 2.80. The van der Waals surface area contributed by atoms with Crippen LogP contribution in [-0.2, 0) is 6.42 Å². The van der Waals surface area contributed by atoms with Crippen molar-refractivity contribution >= 4 is 5.82 Å². The van der Waals surface area contributed by atoms with Crippen molar-refractivity contribution in [1.82, 2.24) is 4.98 Å². The first kappa shape index (κ1) is 10.4. The number of nitrogens with two attached hydrogens (primary N) is 1. The van der Waals surface area contributed by atoms with Crippen molar-refractivity contribution < 1.29 is 0 Å². The molecule has 0 unspecified atom stereocenters. The molecular formula is C12H19N3. The highest BCUT2D eigenvalue weighted by Crippen LogP contribution is 2.17. The Bertz CT molecular complexity index is 299. The van der Waals surface area contributed by atoms with Gasteiger partial charge in [-0.1, -0.05) is 6.07 Å². The summed E-state index contributed by atoms with van der Waals surface area (Å²) in [5.74, 6) is 1.11. The molecule has 2 heterocycles. The maximum Gasteiger partial charge on any atom is 0.128 e. The summed E-state index contributed by atoms with van der Waals surface area (Å²) >= 11 is 0. The van der Waals surface area contributed by atoms with E-state index in [0.717, 1.165) is 25.3 Å². The van der Waals surface area contributed by atoms with Gasteiger partial charge in [0.05, 0.1) is 0 Å². The Balaban J connectivity index is 2.03. The third-order valence-electron chi connectivity index (χ3n) is 2.80. The number of anilines is 1. The predicted octanol–water partition coefficient (Wildman–Crippen LogP) is 1.57. The van der Waals surface area contributed by atoms with Gasteiger partial charge in [-0.3, -0.25) is 0 Å². The predicted molar refractivity (Wildman–Crippen MR) is 63.0 cm³/mol. The van der Waals surface area contributed by atoms with Crippen LogP contribution in [-0.4, -0.2) is 24.1 Å². The number of nitrogens with zero attached hydrogens (tertiary/aromatic N) is 2. The summed E-state index contributed by atoms with van der Waals surface area (Å²) in [5.41, 5.74) is 6.98. The summed E-state index contributed by atoms with van der Waals surface area (Å²) in [6.45, 7) is 4.33. The number of pyridine rings is 1. The Morgan fingerprint density at radius 2 is 2.13 bits per heavy atom. The van der Waals surface area contributed by atoms with E-state index in [0.29, 0.717) is 0 Å². The van der Waals surface area contributed by atoms with Gasteiger partial charge in [-0.05, 0) is 37.8 Å². The molecule has 15 heavy (non-hydrogen) atoms. The van der Waals surface area contributed by atoms with Crippen LogP contribution in [0.25, 0.3) is 0 Å². The summed E-state index contributed by atoms with van der Waals surface area (Å²) in [6.07, 6.45) is 5.46. The smallest absolute Gasteiger partial charge is 0.128 e. The number of hydrogen-bond acceptors (Lipinski definition) is 3. The molecule has 0 radical (unpaired) electrons. The minimum atomic E-state index is 0.212. The lowest BCUT2D eigenvalue weighted by Crippen LogP contribution is -2.20. The molecule has 1 fully saturated rings. The molecule has 2 N–H and O–H groups in total. The van der Waals surface area contributed by atoms with Gasteiger partial charge in [0.2, 0.25) is 0 Å². The molecular weight excluding hydrogens is 186 g/mol. The fourth-order valence-electron chi connectivity index (χ4n) is 2.04. The number of rotatable bonds is 3. The lowest BCUT2D eigenvalue weighted by Gasteiger charge is -2.16. The van der Waals surface area contributed by atoms with Crippen molar-refractivity contribution in [3.05, 3.63) is 23.9 Å². The zero-order valence-electron chi connectivity index (χ0n) is 9.32. The molecule has 1 aliphatic heterocycles. The highest BCUT2D eigenvalue weighted by atomic mass is 15.2. The Hall–Kier alpha value is -1.09. The van der Waals surface area contributed by atoms with Crippen molar-refractivity contribution in [3.63, 3.8) is 0 Å². The topological polar surface area (TPSA) is 42.1 Å². The van der Waals surface area contributed by atoms with Gasteiger partial charge < -0.3 is 10.6 Å². The number of aromatic nitrogens is 1. The molecule has 1 atom stereocenters. The van der Waals surface area contributed by atoms with E-state index in [2.05, 4.69) is 22.0 Å². The SMILES string of the molecule is C[C@@H](N)Cc1ccc(N2CCCC2)nc1. The summed E-state index contributed by atoms with van der Waals surface area (Å²) in [4.78, 5) is 6.83. The van der Waals surface area contributed by atoms with E-state index < -0.39 is 0 Å². The van der Waals surface area contributed by atoms with E-state index in [1.807, 2.05) is 13.1 Å². The van der Waals surface area contributed by atoms with Crippen molar-refractivity contribution in [2.75, 3.05) is 18.0 Å². The first-order chi connectivity index (χ1) is 7.25. The highest BCUT2D eigenvalue weighted by Gasteiger charge is 2.12. The van der Waals surface area contributed by atoms with Gasteiger partial charge in [-0.25, -0.2) is 4.98 Å². The lowest BCUT2D eigenvalue weighted by atomic mass is 10.1. The van der Waals surface area contributed by atoms with Gasteiger partial charge >= 0.3 is 0 Å². The van der Waals surface area contributed by atoms with Gasteiger partial charge in [0.25, 0.3) is 0 Å². The van der Waals surface area contributed by atoms with E-state index in [1.54, 1.807) is 0 Å². The average Bonchev–Trinajstić information content (AvgIpc) is 2.71. The molecule has 1 aromatic heterocycles. The summed E-state index contributed by atoms with van der Waals surface area (Å²) in [7, 11) is 0. The largest absolute Gasteiger partial charge is 0.357 e. The van der Waals surface area contributed by atoms with Crippen LogP contribution in [0.4, 0.5) is 5.82 Å². The van der Waals surface area contributed by atoms with Gasteiger partial charge in [0.15, 0.2) is 0 Å². The molecule has 0 aliphatic carbocycles. The van der Waals surface area contributed by atoms with Crippen LogP contribution in [0, 0.1) is 0 Å². The zero-order valence-corrected chi connectivity index (χ0v) is 9.32. The van der Waals surface area contributed by atoms with E-state index in [-0.39, 0.29) is 6.04 Å². The third kappa shape index (κ3) is 2.69. The molecule has 1 aliphatic rings. The minimum Gasteiger partial charge on any atom is -0.357 e. The van der Waals surface area contributed by atoms with Gasteiger partial charge in [0.1, 0.15) is 5.82 Å². The fourth-order valence-corrected chi connectivity index (χ4v) is 2.04. The molecule has 0 spiro atoms. The van der Waals surface area contributed by atoms with E-state index in [9.17, 15) is 0 Å². The average molecular weight is 205 g/mol. The molecule has 0 aromatic carbocycles. The van der Waals surface area contributed by atoms with Crippen LogP contribution in [0.5, 0.6) is 0 Å². The quantitative estimate of drug-likeness (QED) is 0.814. The molecule has 82 valence electrons. The number of hydrogen-bond donors (Lipinski definition) is 1. The molecule has 0 amide bonds. The molecule has 1 aromatic rings. The molecule has 0 saturated carbocycles. The van der Waals surface area contributed by atoms with E-state index >= 15 is 0 Å². The lowest BCUT2D eigenvalue weighted by molar-refractivity contribution is 0.735. The Morgan fingerprint density at radius 3 is 2.67 bits per heavy atom. The Kier molecular flexibility index (Phi) is 3.21. The molecule has 3 nitrogen and oxygen atoms in total. The summed E-state index contributed by atoms with van der Waals surface area (Å²) in [5, 5.41) is 0. The van der Waals surface area contributed by atoms with E-state index in [4.69, 9.17) is 5.73 Å². The van der Waals surface area contributed by atoms with Crippen LogP contribution in [0.3, 0.4) is 0 Å². The second-order valence-electron chi connectivity index (χ2n) is 4.40. The molecule has 0 bridgehead atoms.